The number of carbonyl (C=O) groups excluding carboxylic acids is 1. The van der Waals surface area contributed by atoms with Crippen molar-refractivity contribution in [1.29, 1.82) is 0 Å². The van der Waals surface area contributed by atoms with E-state index in [9.17, 15) is 4.79 Å². The molecule has 30 heavy (non-hydrogen) atoms. The first-order valence-corrected chi connectivity index (χ1v) is 11.4. The first-order valence-electron chi connectivity index (χ1n) is 10.6. The van der Waals surface area contributed by atoms with Crippen LogP contribution in [0.2, 0.25) is 0 Å². The highest BCUT2D eigenvalue weighted by molar-refractivity contribution is 7.99. The summed E-state index contributed by atoms with van der Waals surface area (Å²) >= 11 is 1.78. The Hall–Kier alpha value is -1.69. The Morgan fingerprint density at radius 2 is 1.80 bits per heavy atom. The molecule has 1 aliphatic heterocycles. The Labute approximate surface area is 191 Å². The van der Waals surface area contributed by atoms with E-state index in [2.05, 4.69) is 86.3 Å². The standard InChI is InChI=1S/C24H33N3OS.ClH/c1-6-26(5)16-18(4)27-20-9-7-8-10-22(20)29-23-12-11-19(15-21(23)27)24(28)25-14-13-17(2)3;/h7-12,15,17-18H,6,13-14,16H2,1-5H3,(H,25,28);1H. The van der Waals surface area contributed by atoms with Gasteiger partial charge in [0.25, 0.3) is 5.91 Å². The van der Waals surface area contributed by atoms with Gasteiger partial charge < -0.3 is 15.1 Å². The van der Waals surface area contributed by atoms with E-state index in [1.165, 1.54) is 15.5 Å². The van der Waals surface area contributed by atoms with Gasteiger partial charge in [-0.05, 0) is 63.2 Å². The van der Waals surface area contributed by atoms with Crippen LogP contribution in [0.1, 0.15) is 44.5 Å². The van der Waals surface area contributed by atoms with Crippen LogP contribution in [0, 0.1) is 5.92 Å². The molecule has 0 fully saturated rings. The number of fused-ring (bicyclic) bond motifs is 2. The van der Waals surface area contributed by atoms with Gasteiger partial charge in [-0.3, -0.25) is 4.79 Å². The summed E-state index contributed by atoms with van der Waals surface area (Å²) < 4.78 is 0. The Bertz CT molecular complexity index is 858. The average Bonchev–Trinajstić information content (AvgIpc) is 2.70. The molecule has 1 heterocycles. The maximum absolute atomic E-state index is 12.7. The molecule has 4 nitrogen and oxygen atoms in total. The van der Waals surface area contributed by atoms with Crippen LogP contribution in [0.4, 0.5) is 11.4 Å². The highest BCUT2D eigenvalue weighted by Gasteiger charge is 2.28. The van der Waals surface area contributed by atoms with Crippen LogP contribution in [-0.2, 0) is 0 Å². The second-order valence-electron chi connectivity index (χ2n) is 8.26. The SMILES string of the molecule is CCN(C)CC(C)N1c2ccccc2Sc2ccc(C(=O)NCCC(C)C)cc21.Cl. The van der Waals surface area contributed by atoms with Gasteiger partial charge in [0.05, 0.1) is 11.4 Å². The molecule has 0 aliphatic carbocycles. The van der Waals surface area contributed by atoms with E-state index in [0.29, 0.717) is 18.5 Å². The largest absolute Gasteiger partial charge is 0.352 e. The molecule has 2 aromatic carbocycles. The second-order valence-corrected chi connectivity index (χ2v) is 9.35. The maximum Gasteiger partial charge on any atom is 0.251 e. The van der Waals surface area contributed by atoms with Gasteiger partial charge in [-0.1, -0.05) is 44.7 Å². The van der Waals surface area contributed by atoms with Crippen LogP contribution in [-0.4, -0.2) is 43.5 Å². The number of hydrogen-bond acceptors (Lipinski definition) is 4. The minimum Gasteiger partial charge on any atom is -0.352 e. The van der Waals surface area contributed by atoms with Gasteiger partial charge in [-0.2, -0.15) is 0 Å². The molecule has 1 amide bonds. The summed E-state index contributed by atoms with van der Waals surface area (Å²) in [6, 6.07) is 14.9. The van der Waals surface area contributed by atoms with Crippen LogP contribution in [0.5, 0.6) is 0 Å². The Morgan fingerprint density at radius 1 is 1.10 bits per heavy atom. The lowest BCUT2D eigenvalue weighted by Crippen LogP contribution is -2.39. The first-order chi connectivity index (χ1) is 13.9. The summed E-state index contributed by atoms with van der Waals surface area (Å²) in [5.74, 6) is 0.592. The number of nitrogens with one attached hydrogen (secondary N) is 1. The third-order valence-corrected chi connectivity index (χ3v) is 6.52. The fourth-order valence-corrected chi connectivity index (χ4v) is 4.69. The maximum atomic E-state index is 12.7. The number of anilines is 2. The van der Waals surface area contributed by atoms with Gasteiger partial charge in [0.15, 0.2) is 0 Å². The van der Waals surface area contributed by atoms with E-state index in [-0.39, 0.29) is 18.3 Å². The number of rotatable bonds is 8. The molecule has 0 bridgehead atoms. The number of carbonyl (C=O) groups is 1. The van der Waals surface area contributed by atoms with Gasteiger partial charge in [-0.25, -0.2) is 0 Å². The molecular weight excluding hydrogens is 414 g/mol. The number of amides is 1. The van der Waals surface area contributed by atoms with Crippen molar-refractivity contribution in [3.05, 3.63) is 48.0 Å². The van der Waals surface area contributed by atoms with Crippen molar-refractivity contribution in [2.45, 2.75) is 49.9 Å². The monoisotopic (exact) mass is 447 g/mol. The lowest BCUT2D eigenvalue weighted by molar-refractivity contribution is 0.0952. The van der Waals surface area contributed by atoms with Crippen molar-refractivity contribution in [3.8, 4) is 0 Å². The summed E-state index contributed by atoms with van der Waals surface area (Å²) in [6.45, 7) is 11.5. The summed E-state index contributed by atoms with van der Waals surface area (Å²) in [4.78, 5) is 19.9. The van der Waals surface area contributed by atoms with E-state index < -0.39 is 0 Å². The smallest absolute Gasteiger partial charge is 0.251 e. The van der Waals surface area contributed by atoms with Crippen molar-refractivity contribution >= 4 is 41.5 Å². The van der Waals surface area contributed by atoms with E-state index in [1.54, 1.807) is 11.8 Å². The fraction of sp³-hybridized carbons (Fsp3) is 0.458. The zero-order valence-corrected chi connectivity index (χ0v) is 20.3. The van der Waals surface area contributed by atoms with Crippen LogP contribution in [0.3, 0.4) is 0 Å². The number of hydrogen-bond donors (Lipinski definition) is 1. The third kappa shape index (κ3) is 5.71. The predicted octanol–water partition coefficient (Wildman–Crippen LogP) is 5.83. The van der Waals surface area contributed by atoms with Gasteiger partial charge in [0.2, 0.25) is 0 Å². The number of halogens is 1. The normalized spacial score (nSPS) is 13.5. The van der Waals surface area contributed by atoms with E-state index in [4.69, 9.17) is 0 Å². The topological polar surface area (TPSA) is 35.6 Å². The Balaban J connectivity index is 0.00000320. The molecule has 3 rings (SSSR count). The molecule has 164 valence electrons. The third-order valence-electron chi connectivity index (χ3n) is 5.39. The minimum absolute atomic E-state index is 0. The van der Waals surface area contributed by atoms with E-state index >= 15 is 0 Å². The van der Waals surface area contributed by atoms with Crippen molar-refractivity contribution in [2.75, 3.05) is 31.6 Å². The molecule has 1 atom stereocenters. The Kier molecular flexibility index (Phi) is 9.08. The van der Waals surface area contributed by atoms with Crippen LogP contribution in [0.25, 0.3) is 0 Å². The zero-order chi connectivity index (χ0) is 21.0. The fourth-order valence-electron chi connectivity index (χ4n) is 3.64. The molecule has 0 aromatic heterocycles. The van der Waals surface area contributed by atoms with Gasteiger partial charge in [-0.15, -0.1) is 12.4 Å². The minimum atomic E-state index is 0. The highest BCUT2D eigenvalue weighted by Crippen LogP contribution is 2.49. The van der Waals surface area contributed by atoms with Gasteiger partial charge >= 0.3 is 0 Å². The molecule has 0 radical (unpaired) electrons. The Morgan fingerprint density at radius 3 is 2.50 bits per heavy atom. The van der Waals surface area contributed by atoms with Crippen molar-refractivity contribution < 1.29 is 4.79 Å². The molecule has 0 saturated carbocycles. The summed E-state index contributed by atoms with van der Waals surface area (Å²) in [6.07, 6.45) is 0.992. The molecular formula is C24H34ClN3OS. The van der Waals surface area contributed by atoms with E-state index in [0.717, 1.165) is 30.8 Å². The number of benzene rings is 2. The molecule has 1 unspecified atom stereocenters. The number of para-hydroxylation sites is 1. The lowest BCUT2D eigenvalue weighted by atomic mass is 10.1. The summed E-state index contributed by atoms with van der Waals surface area (Å²) in [5, 5.41) is 3.07. The summed E-state index contributed by atoms with van der Waals surface area (Å²) in [5.41, 5.74) is 3.08. The van der Waals surface area contributed by atoms with Gasteiger partial charge in [0.1, 0.15) is 0 Å². The zero-order valence-electron chi connectivity index (χ0n) is 18.6. The molecule has 1 aliphatic rings. The average molecular weight is 448 g/mol. The molecule has 0 saturated heterocycles. The van der Waals surface area contributed by atoms with Gasteiger partial charge in [0, 0.05) is 34.5 Å². The molecule has 1 N–H and O–H groups in total. The highest BCUT2D eigenvalue weighted by atomic mass is 35.5. The predicted molar refractivity (Wildman–Crippen MR) is 131 cm³/mol. The molecule has 0 spiro atoms. The first kappa shape index (κ1) is 24.6. The summed E-state index contributed by atoms with van der Waals surface area (Å²) in [7, 11) is 2.15. The van der Waals surface area contributed by atoms with Crippen LogP contribution < -0.4 is 10.2 Å². The molecule has 2 aromatic rings. The molecule has 6 heteroatoms. The van der Waals surface area contributed by atoms with Crippen molar-refractivity contribution in [3.63, 3.8) is 0 Å². The van der Waals surface area contributed by atoms with Crippen LogP contribution >= 0.6 is 24.2 Å². The second kappa shape index (κ2) is 11.1. The van der Waals surface area contributed by atoms with Crippen molar-refractivity contribution in [2.24, 2.45) is 5.92 Å². The lowest BCUT2D eigenvalue weighted by Gasteiger charge is -2.38. The number of nitrogens with zero attached hydrogens (tertiary/aromatic N) is 2. The quantitative estimate of drug-likeness (QED) is 0.552. The number of likely N-dealkylation sites (N-methyl/N-ethyl adjacent to an activating group) is 1. The van der Waals surface area contributed by atoms with E-state index in [1.807, 2.05) is 6.07 Å². The van der Waals surface area contributed by atoms with Crippen LogP contribution in [0.15, 0.2) is 52.3 Å². The van der Waals surface area contributed by atoms with Crippen molar-refractivity contribution in [1.82, 2.24) is 10.2 Å².